The average Bonchev–Trinajstić information content (AvgIpc) is 2.83. The van der Waals surface area contributed by atoms with E-state index in [2.05, 4.69) is 40.5 Å². The molecule has 0 saturated carbocycles. The van der Waals surface area contributed by atoms with Crippen LogP contribution in [0.5, 0.6) is 0 Å². The van der Waals surface area contributed by atoms with Gasteiger partial charge in [-0.3, -0.25) is 0 Å². The van der Waals surface area contributed by atoms with Crippen LogP contribution in [0.15, 0.2) is 30.3 Å². The van der Waals surface area contributed by atoms with E-state index in [1.807, 2.05) is 0 Å². The molecule has 15 heavy (non-hydrogen) atoms. The smallest absolute Gasteiger partial charge is 0.169 e. The van der Waals surface area contributed by atoms with Crippen molar-refractivity contribution in [2.24, 2.45) is 0 Å². The monoisotopic (exact) mass is 218 g/mol. The third-order valence-corrected chi connectivity index (χ3v) is 3.81. The molecule has 2 saturated heterocycles. The molecule has 2 aliphatic heterocycles. The lowest BCUT2D eigenvalue weighted by Gasteiger charge is -2.15. The molecular formula is C12H14N2S. The van der Waals surface area contributed by atoms with Crippen molar-refractivity contribution < 1.29 is 0 Å². The zero-order valence-electron chi connectivity index (χ0n) is 8.52. The Balaban J connectivity index is 1.80. The second kappa shape index (κ2) is 3.49. The summed E-state index contributed by atoms with van der Waals surface area (Å²) in [6.45, 7) is 2.11. The molecule has 1 N–H and O–H groups in total. The van der Waals surface area contributed by atoms with Crippen LogP contribution in [0.4, 0.5) is 0 Å². The minimum Gasteiger partial charge on any atom is -0.360 e. The molecule has 0 radical (unpaired) electrons. The summed E-state index contributed by atoms with van der Waals surface area (Å²) < 4.78 is 0. The van der Waals surface area contributed by atoms with Gasteiger partial charge >= 0.3 is 0 Å². The van der Waals surface area contributed by atoms with Crippen molar-refractivity contribution in [2.75, 3.05) is 13.1 Å². The number of benzene rings is 1. The van der Waals surface area contributed by atoms with Crippen LogP contribution in [-0.2, 0) is 0 Å². The number of nitrogens with one attached hydrogen (secondary N) is 1. The van der Waals surface area contributed by atoms with Crippen LogP contribution in [0.3, 0.4) is 0 Å². The summed E-state index contributed by atoms with van der Waals surface area (Å²) in [5.74, 6) is 0.663. The van der Waals surface area contributed by atoms with Crippen LogP contribution in [-0.4, -0.2) is 29.1 Å². The summed E-state index contributed by atoms with van der Waals surface area (Å²) in [4.78, 5) is 2.34. The Labute approximate surface area is 95.3 Å². The summed E-state index contributed by atoms with van der Waals surface area (Å²) in [6.07, 6.45) is 1.23. The fourth-order valence-corrected chi connectivity index (χ4v) is 2.94. The van der Waals surface area contributed by atoms with Crippen molar-refractivity contribution >= 4 is 17.3 Å². The van der Waals surface area contributed by atoms with Gasteiger partial charge in [0.05, 0.1) is 0 Å². The molecule has 2 nitrogen and oxygen atoms in total. The molecule has 0 spiro atoms. The minimum atomic E-state index is 0.628. The molecule has 1 aromatic rings. The Hall–Kier alpha value is -1.09. The molecule has 0 amide bonds. The molecule has 0 aromatic heterocycles. The molecule has 2 unspecified atom stereocenters. The van der Waals surface area contributed by atoms with Crippen molar-refractivity contribution in [1.82, 2.24) is 10.2 Å². The van der Waals surface area contributed by atoms with Gasteiger partial charge in [0.1, 0.15) is 0 Å². The highest BCUT2D eigenvalue weighted by atomic mass is 32.1. The Morgan fingerprint density at radius 3 is 2.80 bits per heavy atom. The van der Waals surface area contributed by atoms with Gasteiger partial charge in [-0.05, 0) is 24.2 Å². The van der Waals surface area contributed by atoms with E-state index in [1.54, 1.807) is 0 Å². The van der Waals surface area contributed by atoms with E-state index < -0.39 is 0 Å². The van der Waals surface area contributed by atoms with Crippen molar-refractivity contribution in [3.8, 4) is 0 Å². The number of thiocarbonyl (C=S) groups is 1. The highest BCUT2D eigenvalue weighted by Gasteiger charge is 2.37. The maximum atomic E-state index is 5.27. The summed E-state index contributed by atoms with van der Waals surface area (Å²) in [7, 11) is 0. The average molecular weight is 218 g/mol. The Bertz CT molecular complexity index is 376. The van der Waals surface area contributed by atoms with Gasteiger partial charge in [0, 0.05) is 25.0 Å². The topological polar surface area (TPSA) is 15.3 Å². The van der Waals surface area contributed by atoms with Gasteiger partial charge in [0.15, 0.2) is 5.11 Å². The van der Waals surface area contributed by atoms with Gasteiger partial charge in [0.25, 0.3) is 0 Å². The van der Waals surface area contributed by atoms with Gasteiger partial charge in [-0.2, -0.15) is 0 Å². The molecule has 2 atom stereocenters. The van der Waals surface area contributed by atoms with Gasteiger partial charge < -0.3 is 10.2 Å². The Kier molecular flexibility index (Phi) is 2.13. The lowest BCUT2D eigenvalue weighted by molar-refractivity contribution is 0.441. The molecule has 78 valence electrons. The quantitative estimate of drug-likeness (QED) is 0.723. The molecular weight excluding hydrogens is 204 g/mol. The Morgan fingerprint density at radius 1 is 1.27 bits per heavy atom. The van der Waals surface area contributed by atoms with Gasteiger partial charge in [-0.1, -0.05) is 30.3 Å². The largest absolute Gasteiger partial charge is 0.360 e. The van der Waals surface area contributed by atoms with Crippen LogP contribution >= 0.6 is 12.2 Å². The van der Waals surface area contributed by atoms with E-state index in [0.717, 1.165) is 18.2 Å². The van der Waals surface area contributed by atoms with Crippen LogP contribution in [0, 0.1) is 0 Å². The predicted octanol–water partition coefficient (Wildman–Crippen LogP) is 1.73. The van der Waals surface area contributed by atoms with Crippen LogP contribution in [0.2, 0.25) is 0 Å². The molecule has 1 aromatic carbocycles. The maximum Gasteiger partial charge on any atom is 0.169 e. The van der Waals surface area contributed by atoms with Crippen LogP contribution in [0.1, 0.15) is 17.9 Å². The van der Waals surface area contributed by atoms with Crippen LogP contribution in [0.25, 0.3) is 0 Å². The van der Waals surface area contributed by atoms with Crippen molar-refractivity contribution in [1.29, 1.82) is 0 Å². The summed E-state index contributed by atoms with van der Waals surface area (Å²) in [5, 5.41) is 4.19. The van der Waals surface area contributed by atoms with Crippen molar-refractivity contribution in [3.63, 3.8) is 0 Å². The minimum absolute atomic E-state index is 0.628. The molecule has 2 aliphatic rings. The molecule has 2 fully saturated rings. The normalized spacial score (nSPS) is 29.1. The summed E-state index contributed by atoms with van der Waals surface area (Å²) in [6, 6.07) is 11.4. The highest BCUT2D eigenvalue weighted by molar-refractivity contribution is 7.80. The number of hydrogen-bond acceptors (Lipinski definition) is 1. The number of hydrogen-bond donors (Lipinski definition) is 1. The zero-order chi connectivity index (χ0) is 10.3. The van der Waals surface area contributed by atoms with Gasteiger partial charge in [-0.15, -0.1) is 0 Å². The predicted molar refractivity (Wildman–Crippen MR) is 64.9 cm³/mol. The molecule has 2 heterocycles. The number of fused-ring (bicyclic) bond motifs is 1. The SMILES string of the molecule is S=C1NCC2CC(c3ccccc3)CN12. The second-order valence-corrected chi connectivity index (χ2v) is 4.72. The second-order valence-electron chi connectivity index (χ2n) is 4.34. The number of nitrogens with zero attached hydrogens (tertiary/aromatic N) is 1. The lowest BCUT2D eigenvalue weighted by Crippen LogP contribution is -2.29. The first kappa shape index (κ1) is 9.16. The van der Waals surface area contributed by atoms with Gasteiger partial charge in [0.2, 0.25) is 0 Å². The summed E-state index contributed by atoms with van der Waals surface area (Å²) in [5.41, 5.74) is 1.45. The van der Waals surface area contributed by atoms with E-state index in [1.165, 1.54) is 12.0 Å². The third kappa shape index (κ3) is 1.51. The fourth-order valence-electron chi connectivity index (χ4n) is 2.63. The first-order valence-electron chi connectivity index (χ1n) is 5.44. The summed E-state index contributed by atoms with van der Waals surface area (Å²) >= 11 is 5.27. The third-order valence-electron chi connectivity index (χ3n) is 3.44. The van der Waals surface area contributed by atoms with Crippen LogP contribution < -0.4 is 5.32 Å². The number of rotatable bonds is 1. The standard InChI is InChI=1S/C12H14N2S/c15-12-13-7-11-6-10(8-14(11)12)9-4-2-1-3-5-9/h1-5,10-11H,6-8H2,(H,13,15). The zero-order valence-corrected chi connectivity index (χ0v) is 9.33. The first-order valence-corrected chi connectivity index (χ1v) is 5.85. The Morgan fingerprint density at radius 2 is 2.07 bits per heavy atom. The van der Waals surface area contributed by atoms with E-state index in [4.69, 9.17) is 12.2 Å². The molecule has 0 aliphatic carbocycles. The van der Waals surface area contributed by atoms with E-state index in [0.29, 0.717) is 12.0 Å². The van der Waals surface area contributed by atoms with Gasteiger partial charge in [-0.25, -0.2) is 0 Å². The van der Waals surface area contributed by atoms with E-state index >= 15 is 0 Å². The van der Waals surface area contributed by atoms with E-state index in [-0.39, 0.29) is 0 Å². The maximum absolute atomic E-state index is 5.27. The van der Waals surface area contributed by atoms with E-state index in [9.17, 15) is 0 Å². The molecule has 0 bridgehead atoms. The molecule has 3 heteroatoms. The van der Waals surface area contributed by atoms with Crippen molar-refractivity contribution in [2.45, 2.75) is 18.4 Å². The first-order chi connectivity index (χ1) is 7.34. The van der Waals surface area contributed by atoms with Crippen molar-refractivity contribution in [3.05, 3.63) is 35.9 Å². The highest BCUT2D eigenvalue weighted by Crippen LogP contribution is 2.33. The molecule has 3 rings (SSSR count). The fraction of sp³-hybridized carbons (Fsp3) is 0.417. The lowest BCUT2D eigenvalue weighted by atomic mass is 9.96.